The lowest BCUT2D eigenvalue weighted by molar-refractivity contribution is 0.0951. The predicted molar refractivity (Wildman–Crippen MR) is 137 cm³/mol. The van der Waals surface area contributed by atoms with E-state index in [1.807, 2.05) is 12.1 Å². The largest absolute Gasteiger partial charge is 0.451 e. The van der Waals surface area contributed by atoms with Gasteiger partial charge in [-0.2, -0.15) is 5.26 Å². The summed E-state index contributed by atoms with van der Waals surface area (Å²) in [6.07, 6.45) is 2.91. The number of hydrogen-bond acceptors (Lipinski definition) is 5. The highest BCUT2D eigenvalue weighted by molar-refractivity contribution is 7.80. The van der Waals surface area contributed by atoms with Crippen LogP contribution in [0.5, 0.6) is 0 Å². The number of rotatable bonds is 3. The SMILES string of the molecule is CC(C)(C)[C@@H]1CCc2c(sc(NC(=S)NC(=O)c3ccc(-c4cccc(Cl)c4)o3)c2C#N)C1. The number of benzene rings is 1. The van der Waals surface area contributed by atoms with Gasteiger partial charge in [0.2, 0.25) is 0 Å². The first kappa shape index (κ1) is 23.5. The lowest BCUT2D eigenvalue weighted by Gasteiger charge is -2.33. The first-order valence-corrected chi connectivity index (χ1v) is 12.3. The van der Waals surface area contributed by atoms with Crippen molar-refractivity contribution in [2.45, 2.75) is 40.0 Å². The van der Waals surface area contributed by atoms with Gasteiger partial charge in [0.1, 0.15) is 16.8 Å². The molecule has 0 fully saturated rings. The lowest BCUT2D eigenvalue weighted by Crippen LogP contribution is -2.33. The lowest BCUT2D eigenvalue weighted by atomic mass is 9.72. The van der Waals surface area contributed by atoms with Gasteiger partial charge < -0.3 is 9.73 Å². The summed E-state index contributed by atoms with van der Waals surface area (Å²) < 4.78 is 5.68. The van der Waals surface area contributed by atoms with Crippen LogP contribution in [0.2, 0.25) is 5.02 Å². The van der Waals surface area contributed by atoms with Crippen molar-refractivity contribution in [2.24, 2.45) is 11.3 Å². The monoisotopic (exact) mass is 497 g/mol. The van der Waals surface area contributed by atoms with Crippen molar-refractivity contribution in [1.82, 2.24) is 5.32 Å². The summed E-state index contributed by atoms with van der Waals surface area (Å²) in [6.45, 7) is 6.78. The smallest absolute Gasteiger partial charge is 0.293 e. The van der Waals surface area contributed by atoms with Crippen molar-refractivity contribution in [1.29, 1.82) is 5.26 Å². The number of carbonyl (C=O) groups is 1. The number of nitrogens with one attached hydrogen (secondary N) is 2. The average molecular weight is 498 g/mol. The maximum atomic E-state index is 12.6. The number of thiocarbonyl (C=S) groups is 1. The third-order valence-corrected chi connectivity index (χ3v) is 7.60. The number of anilines is 1. The highest BCUT2D eigenvalue weighted by atomic mass is 35.5. The molecule has 2 aromatic heterocycles. The van der Waals surface area contributed by atoms with E-state index < -0.39 is 5.91 Å². The molecule has 0 spiro atoms. The summed E-state index contributed by atoms with van der Waals surface area (Å²) in [7, 11) is 0. The minimum absolute atomic E-state index is 0.128. The molecule has 170 valence electrons. The second-order valence-electron chi connectivity index (χ2n) is 9.21. The van der Waals surface area contributed by atoms with Crippen LogP contribution in [0, 0.1) is 22.7 Å². The molecule has 33 heavy (non-hydrogen) atoms. The molecule has 1 amide bonds. The fourth-order valence-electron chi connectivity index (χ4n) is 4.09. The summed E-state index contributed by atoms with van der Waals surface area (Å²) in [5.74, 6) is 0.775. The van der Waals surface area contributed by atoms with Crippen molar-refractivity contribution in [3.05, 3.63) is 63.2 Å². The summed E-state index contributed by atoms with van der Waals surface area (Å²) in [4.78, 5) is 13.9. The van der Waals surface area contributed by atoms with Crippen LogP contribution in [0.3, 0.4) is 0 Å². The van der Waals surface area contributed by atoms with Gasteiger partial charge in [-0.05, 0) is 72.6 Å². The van der Waals surface area contributed by atoms with E-state index in [4.69, 9.17) is 28.2 Å². The van der Waals surface area contributed by atoms with E-state index in [-0.39, 0.29) is 16.3 Å². The van der Waals surface area contributed by atoms with E-state index in [1.54, 1.807) is 35.6 Å². The van der Waals surface area contributed by atoms with Crippen molar-refractivity contribution in [3.63, 3.8) is 0 Å². The maximum Gasteiger partial charge on any atom is 0.293 e. The van der Waals surface area contributed by atoms with Gasteiger partial charge in [0, 0.05) is 15.5 Å². The first-order chi connectivity index (χ1) is 15.7. The summed E-state index contributed by atoms with van der Waals surface area (Å²) in [5.41, 5.74) is 2.73. The number of amides is 1. The summed E-state index contributed by atoms with van der Waals surface area (Å²) in [6, 6.07) is 12.8. The molecule has 0 saturated carbocycles. The third-order valence-electron chi connectivity index (χ3n) is 5.99. The van der Waals surface area contributed by atoms with Gasteiger partial charge in [-0.3, -0.25) is 10.1 Å². The Morgan fingerprint density at radius 1 is 1.30 bits per heavy atom. The first-order valence-electron chi connectivity index (χ1n) is 10.7. The molecular formula is C25H24ClN3O2S2. The number of fused-ring (bicyclic) bond motifs is 1. The molecule has 0 aliphatic heterocycles. The Labute approximate surface area is 207 Å². The van der Waals surface area contributed by atoms with Crippen molar-refractivity contribution < 1.29 is 9.21 Å². The standard InChI is InChI=1S/C25H24ClN3O2S2/c1-25(2,3)15-7-8-17-18(13-27)23(33-21(17)12-15)29-24(32)28-22(30)20-10-9-19(31-20)14-5-4-6-16(26)11-14/h4-6,9-11,15H,7-8,12H2,1-3H3,(H2,28,29,30,32)/t15-/m1/s1. The molecule has 2 heterocycles. The van der Waals surface area contributed by atoms with Gasteiger partial charge >= 0.3 is 0 Å². The Kier molecular flexibility index (Phi) is 6.62. The van der Waals surface area contributed by atoms with Gasteiger partial charge in [0.25, 0.3) is 5.91 Å². The van der Waals surface area contributed by atoms with Crippen LogP contribution in [0.25, 0.3) is 11.3 Å². The van der Waals surface area contributed by atoms with Crippen LogP contribution in [0.1, 0.15) is 53.8 Å². The normalized spacial score (nSPS) is 15.4. The molecule has 0 saturated heterocycles. The van der Waals surface area contributed by atoms with Crippen LogP contribution in [0.4, 0.5) is 5.00 Å². The second kappa shape index (κ2) is 9.30. The molecule has 8 heteroatoms. The highest BCUT2D eigenvalue weighted by Gasteiger charge is 2.32. The van der Waals surface area contributed by atoms with Crippen molar-refractivity contribution in [2.75, 3.05) is 5.32 Å². The quantitative estimate of drug-likeness (QED) is 0.388. The molecule has 1 aromatic carbocycles. The number of thiophene rings is 1. The number of hydrogen-bond donors (Lipinski definition) is 2. The topological polar surface area (TPSA) is 78.1 Å². The highest BCUT2D eigenvalue weighted by Crippen LogP contribution is 2.44. The molecule has 3 aromatic rings. The van der Waals surface area contributed by atoms with Gasteiger partial charge in [0.15, 0.2) is 10.9 Å². The molecule has 1 aliphatic rings. The van der Waals surface area contributed by atoms with Gasteiger partial charge in [-0.15, -0.1) is 11.3 Å². The van der Waals surface area contributed by atoms with Crippen molar-refractivity contribution in [3.8, 4) is 17.4 Å². The zero-order valence-electron chi connectivity index (χ0n) is 18.6. The predicted octanol–water partition coefficient (Wildman–Crippen LogP) is 6.81. The number of furan rings is 1. The Morgan fingerprint density at radius 3 is 2.79 bits per heavy atom. The van der Waals surface area contributed by atoms with E-state index in [0.29, 0.717) is 27.3 Å². The fraction of sp³-hybridized carbons (Fsp3) is 0.320. The van der Waals surface area contributed by atoms with E-state index in [1.165, 1.54) is 4.88 Å². The average Bonchev–Trinajstić information content (AvgIpc) is 3.37. The fourth-order valence-corrected chi connectivity index (χ4v) is 5.82. The minimum atomic E-state index is -0.464. The van der Waals surface area contributed by atoms with Gasteiger partial charge in [0.05, 0.1) is 5.56 Å². The van der Waals surface area contributed by atoms with E-state index >= 15 is 0 Å². The number of nitriles is 1. The number of nitrogens with zero attached hydrogens (tertiary/aromatic N) is 1. The Balaban J connectivity index is 1.45. The van der Waals surface area contributed by atoms with Crippen molar-refractivity contribution >= 4 is 51.2 Å². The molecule has 4 rings (SSSR count). The Bertz CT molecular complexity index is 1260. The van der Waals surface area contributed by atoms with Crippen LogP contribution < -0.4 is 10.6 Å². The van der Waals surface area contributed by atoms with Crippen LogP contribution >= 0.6 is 35.2 Å². The van der Waals surface area contributed by atoms with E-state index in [9.17, 15) is 10.1 Å². The molecule has 0 unspecified atom stereocenters. The van der Waals surface area contributed by atoms with Crippen LogP contribution in [-0.2, 0) is 12.8 Å². The Morgan fingerprint density at radius 2 is 2.09 bits per heavy atom. The molecule has 0 bridgehead atoms. The van der Waals surface area contributed by atoms with Crippen LogP contribution in [0.15, 0.2) is 40.8 Å². The Hall–Kier alpha value is -2.66. The van der Waals surface area contributed by atoms with E-state index in [2.05, 4.69) is 37.5 Å². The summed E-state index contributed by atoms with van der Waals surface area (Å²) >= 11 is 12.9. The molecule has 0 radical (unpaired) electrons. The zero-order valence-corrected chi connectivity index (χ0v) is 21.0. The molecule has 1 aliphatic carbocycles. The zero-order chi connectivity index (χ0) is 23.8. The number of halogens is 1. The van der Waals surface area contributed by atoms with E-state index in [0.717, 1.165) is 30.4 Å². The minimum Gasteiger partial charge on any atom is -0.451 e. The molecule has 2 N–H and O–H groups in total. The number of carbonyl (C=O) groups excluding carboxylic acids is 1. The molecule has 1 atom stereocenters. The third kappa shape index (κ3) is 5.14. The maximum absolute atomic E-state index is 12.6. The van der Waals surface area contributed by atoms with Crippen LogP contribution in [-0.4, -0.2) is 11.0 Å². The molecular weight excluding hydrogens is 474 g/mol. The van der Waals surface area contributed by atoms with Gasteiger partial charge in [-0.25, -0.2) is 0 Å². The molecule has 5 nitrogen and oxygen atoms in total. The van der Waals surface area contributed by atoms with Gasteiger partial charge in [-0.1, -0.05) is 44.5 Å². The summed E-state index contributed by atoms with van der Waals surface area (Å²) in [5, 5.41) is 16.8. The second-order valence-corrected chi connectivity index (χ2v) is 11.2.